The molecule has 5 heteroatoms. The van der Waals surface area contributed by atoms with Crippen molar-refractivity contribution in [1.29, 1.82) is 0 Å². The summed E-state index contributed by atoms with van der Waals surface area (Å²) in [6.07, 6.45) is 7.64. The van der Waals surface area contributed by atoms with Crippen molar-refractivity contribution in [3.8, 4) is 0 Å². The van der Waals surface area contributed by atoms with Crippen LogP contribution in [0.25, 0.3) is 6.08 Å². The van der Waals surface area contributed by atoms with Crippen molar-refractivity contribution in [1.82, 2.24) is 14.7 Å². The van der Waals surface area contributed by atoms with Crippen molar-refractivity contribution in [2.45, 2.75) is 39.5 Å². The van der Waals surface area contributed by atoms with Crippen LogP contribution in [0.3, 0.4) is 0 Å². The summed E-state index contributed by atoms with van der Waals surface area (Å²) in [7, 11) is 0. The van der Waals surface area contributed by atoms with E-state index in [1.54, 1.807) is 0 Å². The number of benzene rings is 1. The quantitative estimate of drug-likeness (QED) is 0.601. The van der Waals surface area contributed by atoms with Gasteiger partial charge in [0.25, 0.3) is 0 Å². The first kappa shape index (κ1) is 21.6. The molecule has 1 aromatic rings. The van der Waals surface area contributed by atoms with Crippen LogP contribution in [-0.4, -0.2) is 72.3 Å². The molecule has 2 fully saturated rings. The second-order valence-electron chi connectivity index (χ2n) is 8.28. The van der Waals surface area contributed by atoms with E-state index in [4.69, 9.17) is 0 Å². The lowest BCUT2D eigenvalue weighted by Crippen LogP contribution is -2.53. The molecular weight excluding hydrogens is 362 g/mol. The van der Waals surface area contributed by atoms with Gasteiger partial charge < -0.3 is 9.80 Å². The van der Waals surface area contributed by atoms with Gasteiger partial charge in [-0.2, -0.15) is 0 Å². The number of carbonyl (C=O) groups is 2. The Morgan fingerprint density at radius 2 is 1.62 bits per heavy atom. The molecule has 0 aromatic heterocycles. The summed E-state index contributed by atoms with van der Waals surface area (Å²) >= 11 is 0. The lowest BCUT2D eigenvalue weighted by molar-refractivity contribution is -0.150. The van der Waals surface area contributed by atoms with Crippen LogP contribution >= 0.6 is 0 Å². The normalized spacial score (nSPS) is 18.8. The smallest absolute Gasteiger partial charge is 0.238 e. The van der Waals surface area contributed by atoms with E-state index >= 15 is 0 Å². The van der Waals surface area contributed by atoms with Crippen molar-refractivity contribution >= 4 is 17.9 Å². The summed E-state index contributed by atoms with van der Waals surface area (Å²) in [4.78, 5) is 32.5. The third kappa shape index (κ3) is 5.27. The maximum Gasteiger partial charge on any atom is 0.238 e. The highest BCUT2D eigenvalue weighted by Crippen LogP contribution is 2.49. The molecule has 1 aliphatic heterocycles. The van der Waals surface area contributed by atoms with E-state index < -0.39 is 5.41 Å². The first-order chi connectivity index (χ1) is 14.1. The Morgan fingerprint density at radius 3 is 2.17 bits per heavy atom. The minimum absolute atomic E-state index is 0.0687. The van der Waals surface area contributed by atoms with Gasteiger partial charge in [0.05, 0.1) is 0 Å². The molecule has 0 atom stereocenters. The van der Waals surface area contributed by atoms with Gasteiger partial charge in [-0.05, 0) is 31.2 Å². The van der Waals surface area contributed by atoms with Gasteiger partial charge in [-0.3, -0.25) is 14.5 Å². The largest absolute Gasteiger partial charge is 0.342 e. The number of hydrogen-bond acceptors (Lipinski definition) is 3. The molecular formula is C24H35N3O2. The van der Waals surface area contributed by atoms with E-state index in [0.717, 1.165) is 45.6 Å². The maximum absolute atomic E-state index is 13.2. The molecule has 1 saturated carbocycles. The van der Waals surface area contributed by atoms with Crippen LogP contribution in [0.5, 0.6) is 0 Å². The van der Waals surface area contributed by atoms with Gasteiger partial charge in [-0.15, -0.1) is 0 Å². The predicted molar refractivity (Wildman–Crippen MR) is 117 cm³/mol. The molecule has 2 aliphatic rings. The topological polar surface area (TPSA) is 43.9 Å². The Labute approximate surface area is 175 Å². The highest BCUT2D eigenvalue weighted by molar-refractivity contribution is 6.07. The molecule has 1 aliphatic carbocycles. The molecule has 5 nitrogen and oxygen atoms in total. The van der Waals surface area contributed by atoms with Crippen LogP contribution in [0.15, 0.2) is 36.4 Å². The number of rotatable bonds is 9. The van der Waals surface area contributed by atoms with Crippen LogP contribution in [-0.2, 0) is 9.59 Å². The molecule has 0 unspecified atom stereocenters. The summed E-state index contributed by atoms with van der Waals surface area (Å²) in [5, 5.41) is 0. The molecule has 1 saturated heterocycles. The average molecular weight is 398 g/mol. The molecule has 0 N–H and O–H groups in total. The highest BCUT2D eigenvalue weighted by Gasteiger charge is 2.59. The Morgan fingerprint density at radius 1 is 1.00 bits per heavy atom. The minimum Gasteiger partial charge on any atom is -0.342 e. The second kappa shape index (κ2) is 10.1. The zero-order valence-corrected chi connectivity index (χ0v) is 18.0. The summed E-state index contributed by atoms with van der Waals surface area (Å²) in [5.41, 5.74) is 0.457. The van der Waals surface area contributed by atoms with E-state index in [0.29, 0.717) is 25.9 Å². The van der Waals surface area contributed by atoms with Gasteiger partial charge in [0.2, 0.25) is 11.8 Å². The lowest BCUT2D eigenvalue weighted by Gasteiger charge is -2.37. The van der Waals surface area contributed by atoms with Crippen LogP contribution in [0.4, 0.5) is 0 Å². The molecule has 3 rings (SSSR count). The average Bonchev–Trinajstić information content (AvgIpc) is 3.56. The fourth-order valence-corrected chi connectivity index (χ4v) is 4.14. The molecule has 0 radical (unpaired) electrons. The highest BCUT2D eigenvalue weighted by atomic mass is 16.2. The van der Waals surface area contributed by atoms with Crippen LogP contribution in [0, 0.1) is 5.41 Å². The molecule has 2 amide bonds. The van der Waals surface area contributed by atoms with E-state index in [-0.39, 0.29) is 11.8 Å². The van der Waals surface area contributed by atoms with Crippen LogP contribution < -0.4 is 0 Å². The first-order valence-corrected chi connectivity index (χ1v) is 11.1. The molecule has 0 spiro atoms. The van der Waals surface area contributed by atoms with Crippen LogP contribution in [0.1, 0.15) is 45.1 Å². The van der Waals surface area contributed by atoms with Gasteiger partial charge in [-0.25, -0.2) is 0 Å². The lowest BCUT2D eigenvalue weighted by atomic mass is 10.0. The van der Waals surface area contributed by atoms with Gasteiger partial charge in [0, 0.05) is 45.8 Å². The summed E-state index contributed by atoms with van der Waals surface area (Å²) < 4.78 is 0. The van der Waals surface area contributed by atoms with E-state index in [9.17, 15) is 9.59 Å². The number of piperazine rings is 1. The van der Waals surface area contributed by atoms with Gasteiger partial charge in [0.15, 0.2) is 0 Å². The number of hydrogen-bond donors (Lipinski definition) is 0. The molecule has 0 bridgehead atoms. The Balaban J connectivity index is 1.50. The Bertz CT molecular complexity index is 698. The van der Waals surface area contributed by atoms with Gasteiger partial charge >= 0.3 is 0 Å². The van der Waals surface area contributed by atoms with Crippen LogP contribution in [0.2, 0.25) is 0 Å². The third-order valence-electron chi connectivity index (χ3n) is 5.98. The fraction of sp³-hybridized carbons (Fsp3) is 0.583. The van der Waals surface area contributed by atoms with Gasteiger partial charge in [0.1, 0.15) is 5.41 Å². The predicted octanol–water partition coefficient (Wildman–Crippen LogP) is 3.27. The molecule has 1 heterocycles. The van der Waals surface area contributed by atoms with Crippen molar-refractivity contribution in [3.63, 3.8) is 0 Å². The van der Waals surface area contributed by atoms with Gasteiger partial charge in [-0.1, -0.05) is 56.3 Å². The Hall–Kier alpha value is -2.14. The van der Waals surface area contributed by atoms with Crippen molar-refractivity contribution in [3.05, 3.63) is 42.0 Å². The number of carbonyl (C=O) groups excluding carboxylic acids is 2. The van der Waals surface area contributed by atoms with Crippen molar-refractivity contribution in [2.75, 3.05) is 45.8 Å². The zero-order valence-electron chi connectivity index (χ0n) is 18.0. The van der Waals surface area contributed by atoms with Crippen molar-refractivity contribution in [2.24, 2.45) is 5.41 Å². The van der Waals surface area contributed by atoms with E-state index in [1.165, 1.54) is 5.56 Å². The maximum atomic E-state index is 13.2. The summed E-state index contributed by atoms with van der Waals surface area (Å²) in [6.45, 7) is 9.73. The summed E-state index contributed by atoms with van der Waals surface area (Å²) in [6, 6.07) is 10.3. The number of nitrogens with zero attached hydrogens (tertiary/aromatic N) is 3. The standard InChI is InChI=1S/C24H35N3O2/c1-3-14-26(15-4-2)22(28)24(12-13-24)23(29)27-19-17-25(18-20-27)16-8-11-21-9-6-5-7-10-21/h5-11H,3-4,12-20H2,1-2H3/b11-8+. The SMILES string of the molecule is CCCN(CCC)C(=O)C1(C(=O)N2CCN(C/C=C/c3ccccc3)CC2)CC1. The first-order valence-electron chi connectivity index (χ1n) is 11.1. The van der Waals surface area contributed by atoms with E-state index in [2.05, 4.69) is 43.0 Å². The number of amides is 2. The Kier molecular flexibility index (Phi) is 7.48. The zero-order chi connectivity index (χ0) is 20.7. The minimum atomic E-state index is -0.750. The van der Waals surface area contributed by atoms with Crippen molar-refractivity contribution < 1.29 is 9.59 Å². The molecule has 158 valence electrons. The van der Waals surface area contributed by atoms with E-state index in [1.807, 2.05) is 28.0 Å². The molecule has 1 aromatic carbocycles. The molecule has 29 heavy (non-hydrogen) atoms. The summed E-state index contributed by atoms with van der Waals surface area (Å²) in [5.74, 6) is 0.138. The second-order valence-corrected chi connectivity index (χ2v) is 8.28. The third-order valence-corrected chi connectivity index (χ3v) is 5.98. The fourth-order valence-electron chi connectivity index (χ4n) is 4.14. The monoisotopic (exact) mass is 397 g/mol.